The number of para-hydroxylation sites is 1. The molecule has 1 aromatic heterocycles. The second kappa shape index (κ2) is 18.3. The molecule has 0 bridgehead atoms. The lowest BCUT2D eigenvalue weighted by atomic mass is 9.74. The number of cyclic esters (lactones) is 1. The number of rotatable bonds is 9. The van der Waals surface area contributed by atoms with Crippen molar-refractivity contribution in [2.45, 2.75) is 129 Å². The van der Waals surface area contributed by atoms with E-state index < -0.39 is 83.5 Å². The molecule has 3 aliphatic rings. The Morgan fingerprint density at radius 1 is 1.05 bits per heavy atom. The van der Waals surface area contributed by atoms with E-state index in [0.717, 1.165) is 16.5 Å². The molecule has 4 heterocycles. The van der Waals surface area contributed by atoms with Crippen molar-refractivity contribution >= 4 is 40.6 Å². The quantitative estimate of drug-likeness (QED) is 0.137. The molecule has 5 rings (SSSR count). The highest BCUT2D eigenvalue weighted by Gasteiger charge is 2.58. The fourth-order valence-electron chi connectivity index (χ4n) is 8.75. The van der Waals surface area contributed by atoms with Crippen LogP contribution in [0.4, 0.5) is 4.79 Å². The smallest absolute Gasteiger partial charge is 0.457 e. The number of benzene rings is 1. The third kappa shape index (κ3) is 9.52. The number of aliphatic hydroxyl groups is 1. The van der Waals surface area contributed by atoms with Gasteiger partial charge < -0.3 is 43.3 Å². The number of aliphatic hydroxyl groups excluding tert-OH is 1. The van der Waals surface area contributed by atoms with E-state index in [9.17, 15) is 19.5 Å². The average molecular weight is 796 g/mol. The largest absolute Gasteiger partial charge is 0.509 e. The highest BCUT2D eigenvalue weighted by Crippen LogP contribution is 2.42. The zero-order chi connectivity index (χ0) is 41.8. The number of carbonyl (C=O) groups is 3. The molecule has 3 fully saturated rings. The molecule has 0 radical (unpaired) electrons. The summed E-state index contributed by atoms with van der Waals surface area (Å²) in [7, 11) is 5.29. The lowest BCUT2D eigenvalue weighted by molar-refractivity contribution is -0.295. The topological polar surface area (TPSA) is 165 Å². The van der Waals surface area contributed by atoms with Gasteiger partial charge in [0.1, 0.15) is 24.7 Å². The number of fused-ring (bicyclic) bond motifs is 2. The van der Waals surface area contributed by atoms with Crippen molar-refractivity contribution in [3.8, 4) is 0 Å². The molecule has 3 saturated heterocycles. The van der Waals surface area contributed by atoms with Gasteiger partial charge in [0.05, 0.1) is 29.0 Å². The molecule has 14 heteroatoms. The number of esters is 1. The molecular formula is C43H61N3O11. The van der Waals surface area contributed by atoms with Crippen LogP contribution in [0.25, 0.3) is 17.0 Å². The number of pyridine rings is 1. The van der Waals surface area contributed by atoms with E-state index in [0.29, 0.717) is 12.1 Å². The predicted molar refractivity (Wildman–Crippen MR) is 213 cm³/mol. The monoisotopic (exact) mass is 795 g/mol. The Bertz CT molecular complexity index is 1800. The van der Waals surface area contributed by atoms with Gasteiger partial charge in [-0.1, -0.05) is 57.1 Å². The second-order valence-corrected chi connectivity index (χ2v) is 16.5. The number of ketones is 1. The molecule has 1 N–H and O–H groups in total. The van der Waals surface area contributed by atoms with Crippen LogP contribution in [0, 0.1) is 23.7 Å². The fourth-order valence-corrected chi connectivity index (χ4v) is 8.75. The molecule has 3 aliphatic heterocycles. The number of hydrogen-bond donors (Lipinski definition) is 1. The van der Waals surface area contributed by atoms with Crippen LogP contribution >= 0.6 is 0 Å². The highest BCUT2D eigenvalue weighted by molar-refractivity contribution is 6.00. The Morgan fingerprint density at radius 2 is 1.77 bits per heavy atom. The first kappa shape index (κ1) is 44.2. The Kier molecular flexibility index (Phi) is 14.2. The first-order valence-electron chi connectivity index (χ1n) is 20.0. The molecular weight excluding hydrogens is 734 g/mol. The normalized spacial score (nSPS) is 37.8. The fraction of sp³-hybridized carbons (Fsp3) is 0.651. The Hall–Kier alpha value is -3.95. The minimum atomic E-state index is -1.42. The van der Waals surface area contributed by atoms with E-state index >= 15 is 0 Å². The first-order valence-corrected chi connectivity index (χ1v) is 20.0. The summed E-state index contributed by atoms with van der Waals surface area (Å²) >= 11 is 0. The summed E-state index contributed by atoms with van der Waals surface area (Å²) in [5.74, 6) is -4.41. The van der Waals surface area contributed by atoms with Crippen molar-refractivity contribution in [2.75, 3.05) is 27.8 Å². The molecule has 14 nitrogen and oxygen atoms in total. The number of likely N-dealkylation sites (N-methyl/N-ethyl adjacent to an activating group) is 1. The molecule has 314 valence electrons. The summed E-state index contributed by atoms with van der Waals surface area (Å²) in [6, 6.07) is 9.63. The molecule has 1 aromatic carbocycles. The number of aromatic nitrogens is 1. The summed E-state index contributed by atoms with van der Waals surface area (Å²) in [6.07, 6.45) is 0.367. The summed E-state index contributed by atoms with van der Waals surface area (Å²) in [5, 5.41) is 17.2. The Balaban J connectivity index is 1.53. The lowest BCUT2D eigenvalue weighted by Gasteiger charge is -2.47. The maximum atomic E-state index is 14.3. The standard InChI is InChI=1S/C43H61N3O11/c1-12-33-43(8)38(56-41(50)57-43)26(4)34(45-52-19-15-16-29-21-30-17-13-14-18-31(30)44-23-29)24(2)22-42(7,51-11)37(27(5)35(47)28(6)39(49)54-33)55-40-36(48)32(46(9)10)20-25(3)53-40/h13-18,21,23-28,32-33,36-38,40,48H,12,19-20,22H2,1-11H3/b16-15+,45-34+/t24-,25-,26+,27+,28-,32+,33-,36-,37-,38-,40+,42-,43-/m1/s1. The molecule has 0 aliphatic carbocycles. The zero-order valence-electron chi connectivity index (χ0n) is 35.2. The second-order valence-electron chi connectivity index (χ2n) is 16.5. The zero-order valence-corrected chi connectivity index (χ0v) is 35.2. The van der Waals surface area contributed by atoms with E-state index in [4.69, 9.17) is 33.3 Å². The number of oxime groups is 1. The van der Waals surface area contributed by atoms with Gasteiger partial charge in [0.2, 0.25) is 0 Å². The van der Waals surface area contributed by atoms with Crippen molar-refractivity contribution in [3.05, 3.63) is 48.2 Å². The summed E-state index contributed by atoms with van der Waals surface area (Å²) in [4.78, 5) is 53.4. The van der Waals surface area contributed by atoms with Crippen molar-refractivity contribution in [1.29, 1.82) is 0 Å². The first-order chi connectivity index (χ1) is 26.9. The third-order valence-corrected chi connectivity index (χ3v) is 12.1. The van der Waals surface area contributed by atoms with Crippen LogP contribution in [-0.2, 0) is 42.8 Å². The Labute approximate surface area is 336 Å². The van der Waals surface area contributed by atoms with Gasteiger partial charge in [-0.3, -0.25) is 14.6 Å². The molecule has 0 saturated carbocycles. The lowest BCUT2D eigenvalue weighted by Crippen LogP contribution is -2.59. The summed E-state index contributed by atoms with van der Waals surface area (Å²) in [5.41, 5.74) is -0.326. The minimum absolute atomic E-state index is 0.113. The van der Waals surface area contributed by atoms with Gasteiger partial charge in [-0.15, -0.1) is 0 Å². The number of nitrogens with zero attached hydrogens (tertiary/aromatic N) is 3. The van der Waals surface area contributed by atoms with E-state index in [2.05, 4.69) is 10.1 Å². The summed E-state index contributed by atoms with van der Waals surface area (Å²) < 4.78 is 36.8. The number of ether oxygens (including phenoxy) is 6. The van der Waals surface area contributed by atoms with Crippen LogP contribution in [0.2, 0.25) is 0 Å². The van der Waals surface area contributed by atoms with Gasteiger partial charge in [-0.25, -0.2) is 4.79 Å². The third-order valence-electron chi connectivity index (χ3n) is 12.1. The Morgan fingerprint density at radius 3 is 2.46 bits per heavy atom. The van der Waals surface area contributed by atoms with Gasteiger partial charge in [-0.2, -0.15) is 0 Å². The number of methoxy groups -OCH3 is 1. The number of hydrogen-bond acceptors (Lipinski definition) is 14. The molecule has 2 aromatic rings. The van der Waals surface area contributed by atoms with Gasteiger partial charge >= 0.3 is 12.1 Å². The van der Waals surface area contributed by atoms with Crippen molar-refractivity contribution in [1.82, 2.24) is 9.88 Å². The van der Waals surface area contributed by atoms with E-state index in [1.165, 1.54) is 14.0 Å². The van der Waals surface area contributed by atoms with Gasteiger partial charge in [-0.05, 0) is 84.8 Å². The number of carbonyl (C=O) groups excluding carboxylic acids is 3. The maximum Gasteiger partial charge on any atom is 0.509 e. The van der Waals surface area contributed by atoms with Crippen LogP contribution in [0.5, 0.6) is 0 Å². The van der Waals surface area contributed by atoms with E-state index in [-0.39, 0.29) is 31.6 Å². The number of Topliss-reactive ketones (excluding diaryl/α,β-unsaturated/α-hetero) is 1. The van der Waals surface area contributed by atoms with Crippen molar-refractivity contribution < 1.29 is 52.7 Å². The molecule has 0 unspecified atom stereocenters. The van der Waals surface area contributed by atoms with Crippen LogP contribution in [0.1, 0.15) is 80.2 Å². The van der Waals surface area contributed by atoms with Crippen molar-refractivity contribution in [3.63, 3.8) is 0 Å². The van der Waals surface area contributed by atoms with E-state index in [1.54, 1.807) is 27.0 Å². The van der Waals surface area contributed by atoms with Crippen LogP contribution in [-0.4, -0.2) is 120 Å². The minimum Gasteiger partial charge on any atom is -0.457 e. The molecule has 57 heavy (non-hydrogen) atoms. The van der Waals surface area contributed by atoms with Gasteiger partial charge in [0, 0.05) is 42.5 Å². The highest BCUT2D eigenvalue weighted by atomic mass is 16.8. The van der Waals surface area contributed by atoms with Gasteiger partial charge in [0.25, 0.3) is 0 Å². The van der Waals surface area contributed by atoms with E-state index in [1.807, 2.05) is 89.2 Å². The molecule has 13 atom stereocenters. The SMILES string of the molecule is CC[C@H]1OC(=O)[C@H](C)C(=O)[C@H](C)[C@@H](O[C@@H]2O[C@H](C)C[C@H](N(C)C)[C@H]2O)[C@](C)(OC)C[C@@H](C)/C(=N\OC/C=C/c2cnc3ccccc3c2)[C@H](C)[C@H]2OC(=O)O[C@@]21C. The van der Waals surface area contributed by atoms with Crippen LogP contribution in [0.3, 0.4) is 0 Å². The molecule has 0 amide bonds. The van der Waals surface area contributed by atoms with Crippen LogP contribution < -0.4 is 0 Å². The maximum absolute atomic E-state index is 14.3. The average Bonchev–Trinajstić information content (AvgIpc) is 3.50. The van der Waals surface area contributed by atoms with Gasteiger partial charge in [0.15, 0.2) is 23.8 Å². The molecule has 0 spiro atoms. The van der Waals surface area contributed by atoms with Crippen molar-refractivity contribution in [2.24, 2.45) is 28.8 Å². The predicted octanol–water partition coefficient (Wildman–Crippen LogP) is 5.97. The van der Waals surface area contributed by atoms with Crippen LogP contribution in [0.15, 0.2) is 47.8 Å². The summed E-state index contributed by atoms with van der Waals surface area (Å²) in [6.45, 7) is 14.3.